The number of rotatable bonds is 4. The number of anilines is 1. The van der Waals surface area contributed by atoms with Gasteiger partial charge < -0.3 is 15.5 Å². The Hall–Kier alpha value is -1.20. The van der Waals surface area contributed by atoms with Gasteiger partial charge >= 0.3 is 0 Å². The molecular formula is C12H21N5. The molecule has 1 aromatic rings. The molecule has 1 saturated heterocycles. The summed E-state index contributed by atoms with van der Waals surface area (Å²) in [4.78, 5) is 4.55. The Labute approximate surface area is 103 Å². The first-order valence-corrected chi connectivity index (χ1v) is 6.11. The summed E-state index contributed by atoms with van der Waals surface area (Å²) in [5, 5.41) is 8.27. The second kappa shape index (κ2) is 5.42. The van der Waals surface area contributed by atoms with Crippen molar-refractivity contribution in [3.05, 3.63) is 17.8 Å². The second-order valence-electron chi connectivity index (χ2n) is 4.88. The smallest absolute Gasteiger partial charge is 0.150 e. The summed E-state index contributed by atoms with van der Waals surface area (Å²) in [6, 6.07) is 3.94. The molecule has 2 rings (SSSR count). The van der Waals surface area contributed by atoms with Crippen LogP contribution >= 0.6 is 0 Å². The highest BCUT2D eigenvalue weighted by molar-refractivity contribution is 5.36. The maximum Gasteiger partial charge on any atom is 0.150 e. The van der Waals surface area contributed by atoms with Crippen LogP contribution in [0.4, 0.5) is 5.82 Å². The molecular weight excluding hydrogens is 214 g/mol. The summed E-state index contributed by atoms with van der Waals surface area (Å²) in [6.07, 6.45) is 1.27. The van der Waals surface area contributed by atoms with Gasteiger partial charge in [0.1, 0.15) is 0 Å². The van der Waals surface area contributed by atoms with E-state index < -0.39 is 0 Å². The largest absolute Gasteiger partial charge is 0.358 e. The zero-order chi connectivity index (χ0) is 12.3. The molecule has 94 valence electrons. The van der Waals surface area contributed by atoms with E-state index in [1.165, 1.54) is 19.5 Å². The Morgan fingerprint density at radius 2 is 2.29 bits per heavy atom. The van der Waals surface area contributed by atoms with Crippen molar-refractivity contribution in [3.63, 3.8) is 0 Å². The van der Waals surface area contributed by atoms with Crippen molar-refractivity contribution in [1.82, 2.24) is 15.1 Å². The number of nitrogens with two attached hydrogens (primary N) is 1. The van der Waals surface area contributed by atoms with Crippen molar-refractivity contribution in [2.24, 2.45) is 11.7 Å². The molecule has 0 saturated carbocycles. The molecule has 17 heavy (non-hydrogen) atoms. The lowest BCUT2D eigenvalue weighted by atomic mass is 10.1. The van der Waals surface area contributed by atoms with E-state index in [0.717, 1.165) is 24.0 Å². The average molecular weight is 235 g/mol. The molecule has 0 radical (unpaired) electrons. The van der Waals surface area contributed by atoms with Crippen molar-refractivity contribution in [2.75, 3.05) is 38.6 Å². The Balaban J connectivity index is 1.92. The van der Waals surface area contributed by atoms with E-state index in [1.807, 2.05) is 12.1 Å². The number of aromatic nitrogens is 2. The van der Waals surface area contributed by atoms with Gasteiger partial charge in [-0.1, -0.05) is 0 Å². The molecule has 1 fully saturated rings. The second-order valence-corrected chi connectivity index (χ2v) is 4.88. The minimum atomic E-state index is 0.449. The lowest BCUT2D eigenvalue weighted by Crippen LogP contribution is -2.28. The van der Waals surface area contributed by atoms with E-state index in [9.17, 15) is 0 Å². The van der Waals surface area contributed by atoms with Gasteiger partial charge in [-0.15, -0.1) is 5.10 Å². The normalized spacial score (nSPS) is 20.8. The molecule has 1 aromatic heterocycles. The summed E-state index contributed by atoms with van der Waals surface area (Å²) in [5.41, 5.74) is 6.34. The quantitative estimate of drug-likeness (QED) is 0.814. The SMILES string of the molecule is CN1CCC(CN(C)c2ccc(CN)nn2)C1. The topological polar surface area (TPSA) is 58.3 Å². The maximum absolute atomic E-state index is 5.50. The third-order valence-electron chi connectivity index (χ3n) is 3.33. The first kappa shape index (κ1) is 12.3. The number of hydrogen-bond donors (Lipinski definition) is 1. The Kier molecular flexibility index (Phi) is 3.91. The molecule has 0 aromatic carbocycles. The predicted octanol–water partition coefficient (Wildman–Crippen LogP) is 0.323. The molecule has 0 bridgehead atoms. The Morgan fingerprint density at radius 3 is 2.82 bits per heavy atom. The van der Waals surface area contributed by atoms with Gasteiger partial charge in [-0.25, -0.2) is 0 Å². The standard InChI is InChI=1S/C12H21N5/c1-16-6-5-10(8-16)9-17(2)12-4-3-11(7-13)14-15-12/h3-4,10H,5-9,13H2,1-2H3. The third-order valence-corrected chi connectivity index (χ3v) is 3.33. The fraction of sp³-hybridized carbons (Fsp3) is 0.667. The molecule has 5 nitrogen and oxygen atoms in total. The molecule has 2 heterocycles. The lowest BCUT2D eigenvalue weighted by molar-refractivity contribution is 0.395. The maximum atomic E-state index is 5.50. The van der Waals surface area contributed by atoms with Crippen LogP contribution in [0.2, 0.25) is 0 Å². The van der Waals surface area contributed by atoms with E-state index in [0.29, 0.717) is 6.54 Å². The van der Waals surface area contributed by atoms with Gasteiger partial charge in [0.25, 0.3) is 0 Å². The first-order chi connectivity index (χ1) is 8.19. The number of likely N-dealkylation sites (tertiary alicyclic amines) is 1. The Morgan fingerprint density at radius 1 is 1.47 bits per heavy atom. The zero-order valence-corrected chi connectivity index (χ0v) is 10.6. The highest BCUT2D eigenvalue weighted by Crippen LogP contribution is 2.17. The summed E-state index contributed by atoms with van der Waals surface area (Å²) < 4.78 is 0. The minimum absolute atomic E-state index is 0.449. The van der Waals surface area contributed by atoms with Crippen LogP contribution in [0.1, 0.15) is 12.1 Å². The highest BCUT2D eigenvalue weighted by Gasteiger charge is 2.21. The Bertz CT molecular complexity index is 350. The van der Waals surface area contributed by atoms with Crippen molar-refractivity contribution >= 4 is 5.82 Å². The average Bonchev–Trinajstić information content (AvgIpc) is 2.75. The molecule has 0 spiro atoms. The molecule has 0 aliphatic carbocycles. The van der Waals surface area contributed by atoms with Gasteiger partial charge in [-0.2, -0.15) is 5.10 Å². The molecule has 2 N–H and O–H groups in total. The summed E-state index contributed by atoms with van der Waals surface area (Å²) in [5.74, 6) is 1.66. The summed E-state index contributed by atoms with van der Waals surface area (Å²) >= 11 is 0. The molecule has 1 aliphatic heterocycles. The van der Waals surface area contributed by atoms with Crippen molar-refractivity contribution in [3.8, 4) is 0 Å². The van der Waals surface area contributed by atoms with Crippen LogP contribution in [0.5, 0.6) is 0 Å². The minimum Gasteiger partial charge on any atom is -0.358 e. The third kappa shape index (κ3) is 3.14. The number of nitrogens with zero attached hydrogens (tertiary/aromatic N) is 4. The van der Waals surface area contributed by atoms with Gasteiger partial charge in [0.05, 0.1) is 5.69 Å². The van der Waals surface area contributed by atoms with E-state index >= 15 is 0 Å². The number of hydrogen-bond acceptors (Lipinski definition) is 5. The fourth-order valence-corrected chi connectivity index (χ4v) is 2.32. The van der Waals surface area contributed by atoms with Crippen LogP contribution in [0.25, 0.3) is 0 Å². The molecule has 0 amide bonds. The van der Waals surface area contributed by atoms with Crippen molar-refractivity contribution in [2.45, 2.75) is 13.0 Å². The highest BCUT2D eigenvalue weighted by atomic mass is 15.3. The van der Waals surface area contributed by atoms with E-state index in [2.05, 4.69) is 34.1 Å². The predicted molar refractivity (Wildman–Crippen MR) is 68.8 cm³/mol. The van der Waals surface area contributed by atoms with Crippen LogP contribution in [0.15, 0.2) is 12.1 Å². The molecule has 1 atom stereocenters. The van der Waals surface area contributed by atoms with Gasteiger partial charge in [0, 0.05) is 26.7 Å². The lowest BCUT2D eigenvalue weighted by Gasteiger charge is -2.21. The summed E-state index contributed by atoms with van der Waals surface area (Å²) in [6.45, 7) is 3.88. The van der Waals surface area contributed by atoms with Gasteiger partial charge in [0.15, 0.2) is 5.82 Å². The monoisotopic (exact) mass is 235 g/mol. The van der Waals surface area contributed by atoms with Crippen LogP contribution in [-0.4, -0.2) is 48.8 Å². The fourth-order valence-electron chi connectivity index (χ4n) is 2.32. The summed E-state index contributed by atoms with van der Waals surface area (Å²) in [7, 11) is 4.25. The van der Waals surface area contributed by atoms with Crippen LogP contribution in [-0.2, 0) is 6.54 Å². The van der Waals surface area contributed by atoms with Gasteiger partial charge in [0.2, 0.25) is 0 Å². The van der Waals surface area contributed by atoms with Gasteiger partial charge in [-0.05, 0) is 38.1 Å². The van der Waals surface area contributed by atoms with Crippen molar-refractivity contribution in [1.29, 1.82) is 0 Å². The van der Waals surface area contributed by atoms with E-state index in [1.54, 1.807) is 0 Å². The van der Waals surface area contributed by atoms with E-state index in [4.69, 9.17) is 5.73 Å². The van der Waals surface area contributed by atoms with Crippen molar-refractivity contribution < 1.29 is 0 Å². The molecule has 1 aliphatic rings. The van der Waals surface area contributed by atoms with Gasteiger partial charge in [-0.3, -0.25) is 0 Å². The van der Waals surface area contributed by atoms with E-state index in [-0.39, 0.29) is 0 Å². The molecule has 5 heteroatoms. The van der Waals surface area contributed by atoms with Crippen LogP contribution in [0.3, 0.4) is 0 Å². The van der Waals surface area contributed by atoms with Crippen LogP contribution in [0, 0.1) is 5.92 Å². The van der Waals surface area contributed by atoms with Crippen LogP contribution < -0.4 is 10.6 Å². The zero-order valence-electron chi connectivity index (χ0n) is 10.6. The first-order valence-electron chi connectivity index (χ1n) is 6.11. The molecule has 1 unspecified atom stereocenters.